The maximum Gasteiger partial charge on any atom is 0.141 e. The maximum atomic E-state index is 5.67. The minimum absolute atomic E-state index is 0.131. The van der Waals surface area contributed by atoms with Crippen molar-refractivity contribution < 1.29 is 4.42 Å². The molecule has 17 heavy (non-hydrogen) atoms. The van der Waals surface area contributed by atoms with Gasteiger partial charge in [-0.2, -0.15) is 0 Å². The van der Waals surface area contributed by atoms with Crippen LogP contribution in [0, 0.1) is 0 Å². The van der Waals surface area contributed by atoms with Crippen LogP contribution in [-0.4, -0.2) is 0 Å². The molecule has 0 aliphatic heterocycles. The number of benzene rings is 2. The normalized spacial score (nSPS) is 12.4. The van der Waals surface area contributed by atoms with E-state index >= 15 is 0 Å². The van der Waals surface area contributed by atoms with Gasteiger partial charge in [-0.1, -0.05) is 45.0 Å². The SMILES string of the molecule is CC(C)(C)c1cc2ccccc2c2occc12. The van der Waals surface area contributed by atoms with E-state index in [1.54, 1.807) is 6.26 Å². The third-order valence-electron chi connectivity index (χ3n) is 3.27. The van der Waals surface area contributed by atoms with E-state index in [1.165, 1.54) is 21.7 Å². The van der Waals surface area contributed by atoms with Crippen molar-refractivity contribution >= 4 is 21.7 Å². The van der Waals surface area contributed by atoms with Crippen molar-refractivity contribution in [3.63, 3.8) is 0 Å². The first-order valence-corrected chi connectivity index (χ1v) is 5.97. The topological polar surface area (TPSA) is 13.1 Å². The van der Waals surface area contributed by atoms with Gasteiger partial charge in [0.05, 0.1) is 6.26 Å². The summed E-state index contributed by atoms with van der Waals surface area (Å²) >= 11 is 0. The first-order chi connectivity index (χ1) is 8.07. The Balaban J connectivity index is 2.53. The van der Waals surface area contributed by atoms with Crippen LogP contribution in [0.5, 0.6) is 0 Å². The van der Waals surface area contributed by atoms with Crippen molar-refractivity contribution in [2.24, 2.45) is 0 Å². The molecule has 1 heterocycles. The Labute approximate surface area is 101 Å². The Hall–Kier alpha value is -1.76. The molecule has 0 N–H and O–H groups in total. The van der Waals surface area contributed by atoms with Crippen LogP contribution in [-0.2, 0) is 5.41 Å². The molecule has 0 bridgehead atoms. The lowest BCUT2D eigenvalue weighted by Crippen LogP contribution is -2.11. The highest BCUT2D eigenvalue weighted by atomic mass is 16.3. The molecular weight excluding hydrogens is 208 g/mol. The van der Waals surface area contributed by atoms with Crippen molar-refractivity contribution in [1.29, 1.82) is 0 Å². The second kappa shape index (κ2) is 3.36. The van der Waals surface area contributed by atoms with E-state index in [9.17, 15) is 0 Å². The van der Waals surface area contributed by atoms with Crippen LogP contribution in [0.2, 0.25) is 0 Å². The molecule has 0 atom stereocenters. The van der Waals surface area contributed by atoms with Gasteiger partial charge in [-0.15, -0.1) is 0 Å². The Morgan fingerprint density at radius 3 is 2.47 bits per heavy atom. The monoisotopic (exact) mass is 224 g/mol. The Morgan fingerprint density at radius 1 is 0.941 bits per heavy atom. The van der Waals surface area contributed by atoms with Crippen molar-refractivity contribution in [1.82, 2.24) is 0 Å². The molecule has 0 radical (unpaired) electrons. The fraction of sp³-hybridized carbons (Fsp3) is 0.250. The summed E-state index contributed by atoms with van der Waals surface area (Å²) in [6.45, 7) is 6.72. The largest absolute Gasteiger partial charge is 0.464 e. The Kier molecular flexibility index (Phi) is 2.06. The first kappa shape index (κ1) is 10.4. The molecule has 0 aliphatic rings. The van der Waals surface area contributed by atoms with Gasteiger partial charge >= 0.3 is 0 Å². The summed E-state index contributed by atoms with van der Waals surface area (Å²) in [5, 5.41) is 3.68. The molecule has 0 amide bonds. The van der Waals surface area contributed by atoms with E-state index in [4.69, 9.17) is 4.42 Å². The average molecular weight is 224 g/mol. The second-order valence-corrected chi connectivity index (χ2v) is 5.56. The van der Waals surface area contributed by atoms with E-state index in [1.807, 2.05) is 0 Å². The highest BCUT2D eigenvalue weighted by Gasteiger charge is 2.19. The van der Waals surface area contributed by atoms with Crippen LogP contribution in [0.3, 0.4) is 0 Å². The fourth-order valence-corrected chi connectivity index (χ4v) is 2.41. The van der Waals surface area contributed by atoms with E-state index in [0.29, 0.717) is 0 Å². The molecule has 3 rings (SSSR count). The van der Waals surface area contributed by atoms with Crippen LogP contribution in [0.25, 0.3) is 21.7 Å². The lowest BCUT2D eigenvalue weighted by atomic mass is 9.83. The Bertz CT molecular complexity index is 683. The molecule has 0 unspecified atom stereocenters. The van der Waals surface area contributed by atoms with Crippen molar-refractivity contribution in [3.8, 4) is 0 Å². The summed E-state index contributed by atoms with van der Waals surface area (Å²) in [6, 6.07) is 12.8. The lowest BCUT2D eigenvalue weighted by molar-refractivity contribution is 0.594. The number of fused-ring (bicyclic) bond motifs is 3. The third-order valence-corrected chi connectivity index (χ3v) is 3.27. The molecule has 3 aromatic rings. The number of furan rings is 1. The van der Waals surface area contributed by atoms with Gasteiger partial charge in [-0.3, -0.25) is 0 Å². The molecule has 2 aromatic carbocycles. The number of hydrogen-bond donors (Lipinski definition) is 0. The van der Waals surface area contributed by atoms with Gasteiger partial charge in [0.15, 0.2) is 0 Å². The van der Waals surface area contributed by atoms with Gasteiger partial charge < -0.3 is 4.42 Å². The van der Waals surface area contributed by atoms with Gasteiger partial charge in [0.1, 0.15) is 5.58 Å². The number of rotatable bonds is 0. The molecular formula is C16H16O. The average Bonchev–Trinajstić information content (AvgIpc) is 2.75. The molecule has 0 aliphatic carbocycles. The third kappa shape index (κ3) is 1.54. The van der Waals surface area contributed by atoms with Crippen molar-refractivity contribution in [2.75, 3.05) is 0 Å². The summed E-state index contributed by atoms with van der Waals surface area (Å²) < 4.78 is 5.67. The minimum Gasteiger partial charge on any atom is -0.464 e. The molecule has 0 saturated carbocycles. The van der Waals surface area contributed by atoms with E-state index in [2.05, 4.69) is 57.2 Å². The van der Waals surface area contributed by atoms with Gasteiger partial charge in [-0.05, 0) is 28.5 Å². The summed E-state index contributed by atoms with van der Waals surface area (Å²) in [5.74, 6) is 0. The summed E-state index contributed by atoms with van der Waals surface area (Å²) in [4.78, 5) is 0. The molecule has 0 spiro atoms. The molecule has 1 nitrogen and oxygen atoms in total. The standard InChI is InChI=1S/C16H16O/c1-16(2,3)14-10-11-6-4-5-7-12(11)15-13(14)8-9-17-15/h4-10H,1-3H3. The summed E-state index contributed by atoms with van der Waals surface area (Å²) in [7, 11) is 0. The molecule has 1 aromatic heterocycles. The molecule has 0 fully saturated rings. The van der Waals surface area contributed by atoms with Gasteiger partial charge in [0, 0.05) is 10.8 Å². The van der Waals surface area contributed by atoms with Crippen LogP contribution in [0.1, 0.15) is 26.3 Å². The van der Waals surface area contributed by atoms with Gasteiger partial charge in [0.25, 0.3) is 0 Å². The van der Waals surface area contributed by atoms with E-state index < -0.39 is 0 Å². The lowest BCUT2D eigenvalue weighted by Gasteiger charge is -2.20. The second-order valence-electron chi connectivity index (χ2n) is 5.56. The fourth-order valence-electron chi connectivity index (χ4n) is 2.41. The summed E-state index contributed by atoms with van der Waals surface area (Å²) in [6.07, 6.45) is 1.78. The van der Waals surface area contributed by atoms with Gasteiger partial charge in [0.2, 0.25) is 0 Å². The van der Waals surface area contributed by atoms with E-state index in [-0.39, 0.29) is 5.41 Å². The smallest absolute Gasteiger partial charge is 0.141 e. The predicted molar refractivity (Wildman–Crippen MR) is 72.4 cm³/mol. The first-order valence-electron chi connectivity index (χ1n) is 5.97. The molecule has 1 heteroatoms. The zero-order valence-corrected chi connectivity index (χ0v) is 10.4. The zero-order valence-electron chi connectivity index (χ0n) is 10.4. The predicted octanol–water partition coefficient (Wildman–Crippen LogP) is 4.88. The van der Waals surface area contributed by atoms with Crippen LogP contribution < -0.4 is 0 Å². The van der Waals surface area contributed by atoms with Crippen molar-refractivity contribution in [3.05, 3.63) is 48.2 Å². The summed E-state index contributed by atoms with van der Waals surface area (Å²) in [5.41, 5.74) is 2.49. The minimum atomic E-state index is 0.131. The van der Waals surface area contributed by atoms with Crippen LogP contribution in [0.4, 0.5) is 0 Å². The Morgan fingerprint density at radius 2 is 1.71 bits per heavy atom. The van der Waals surface area contributed by atoms with Gasteiger partial charge in [-0.25, -0.2) is 0 Å². The highest BCUT2D eigenvalue weighted by Crippen LogP contribution is 2.35. The zero-order chi connectivity index (χ0) is 12.0. The maximum absolute atomic E-state index is 5.67. The quantitative estimate of drug-likeness (QED) is 0.530. The van der Waals surface area contributed by atoms with E-state index in [0.717, 1.165) is 5.58 Å². The van der Waals surface area contributed by atoms with Crippen LogP contribution in [0.15, 0.2) is 47.1 Å². The highest BCUT2D eigenvalue weighted by molar-refractivity contribution is 6.06. The number of hydrogen-bond acceptors (Lipinski definition) is 1. The van der Waals surface area contributed by atoms with Crippen molar-refractivity contribution in [2.45, 2.75) is 26.2 Å². The molecule has 86 valence electrons. The molecule has 0 saturated heterocycles. The van der Waals surface area contributed by atoms with Crippen LogP contribution >= 0.6 is 0 Å².